The van der Waals surface area contributed by atoms with Gasteiger partial charge in [0.25, 0.3) is 0 Å². The molecular formula is C14H4F12O2. The minimum Gasteiger partial charge on any atom is -0.448 e. The number of hydrogen-bond acceptors (Lipinski definition) is 2. The summed E-state index contributed by atoms with van der Waals surface area (Å²) in [5, 5.41) is 0. The van der Waals surface area contributed by atoms with Crippen LogP contribution in [-0.2, 0) is 24.7 Å². The Balaban J connectivity index is 3.38. The largest absolute Gasteiger partial charge is 0.450 e. The minimum absolute atomic E-state index is 0.488. The summed E-state index contributed by atoms with van der Waals surface area (Å²) >= 11 is 0. The molecular weight excluding hydrogens is 428 g/mol. The van der Waals surface area contributed by atoms with Gasteiger partial charge in [-0.3, -0.25) is 0 Å². The highest BCUT2D eigenvalue weighted by atomic mass is 19.4. The Labute approximate surface area is 145 Å². The Kier molecular flexibility index (Phi) is 5.06. The van der Waals surface area contributed by atoms with Crippen molar-refractivity contribution in [3.05, 3.63) is 46.9 Å². The summed E-state index contributed by atoms with van der Waals surface area (Å²) < 4.78 is 166. The quantitative estimate of drug-likeness (QED) is 0.411. The molecule has 0 bridgehead atoms. The first-order valence-electron chi connectivity index (χ1n) is 6.66. The topological polar surface area (TPSA) is 26.3 Å². The smallest absolute Gasteiger partial charge is 0.448 e. The van der Waals surface area contributed by atoms with Gasteiger partial charge in [0.05, 0.1) is 0 Å². The van der Waals surface area contributed by atoms with E-state index >= 15 is 0 Å². The van der Waals surface area contributed by atoms with Crippen LogP contribution in [0.3, 0.4) is 0 Å². The molecule has 156 valence electrons. The number of alkyl halides is 12. The fourth-order valence-corrected chi connectivity index (χ4v) is 2.11. The number of para-hydroxylation sites is 2. The lowest BCUT2D eigenvalue weighted by Gasteiger charge is -2.21. The predicted octanol–water partition coefficient (Wildman–Crippen LogP) is 7.23. The summed E-state index contributed by atoms with van der Waals surface area (Å²) in [5.74, 6) is -6.63. The maximum absolute atomic E-state index is 13.2. The molecule has 0 unspecified atom stereocenters. The first kappa shape index (κ1) is 21.8. The number of hydrogen-bond donors (Lipinski definition) is 0. The summed E-state index contributed by atoms with van der Waals surface area (Å²) in [5.41, 5.74) is -10.0. The van der Waals surface area contributed by atoms with Crippen LogP contribution in [0.15, 0.2) is 33.1 Å². The third-order valence-corrected chi connectivity index (χ3v) is 3.06. The van der Waals surface area contributed by atoms with Gasteiger partial charge < -0.3 is 8.83 Å². The molecule has 0 fully saturated rings. The lowest BCUT2D eigenvalue weighted by Crippen LogP contribution is -2.26. The summed E-state index contributed by atoms with van der Waals surface area (Å²) in [6.45, 7) is 0. The summed E-state index contributed by atoms with van der Waals surface area (Å²) in [4.78, 5) is 0. The van der Waals surface area contributed by atoms with E-state index in [9.17, 15) is 52.7 Å². The molecule has 0 saturated carbocycles. The molecule has 0 N–H and O–H groups in total. The Hall–Kier alpha value is -2.54. The fourth-order valence-electron chi connectivity index (χ4n) is 2.11. The van der Waals surface area contributed by atoms with Crippen molar-refractivity contribution >= 4 is 11.2 Å². The molecule has 2 nitrogen and oxygen atoms in total. The first-order chi connectivity index (χ1) is 12.4. The standard InChI is InChI=1S/C14H4F12O2/c15-11(16,17)7-8(12(18,19)20)10(14(24,25)26)28-6-4-2-1-3-5(6)27-9(7)13(21,22)23/h1-4H. The molecule has 0 spiro atoms. The molecule has 0 aliphatic heterocycles. The van der Waals surface area contributed by atoms with Gasteiger partial charge in [-0.2, -0.15) is 52.7 Å². The van der Waals surface area contributed by atoms with E-state index in [1.54, 1.807) is 0 Å². The van der Waals surface area contributed by atoms with Crippen molar-refractivity contribution in [3.63, 3.8) is 0 Å². The zero-order valence-electron chi connectivity index (χ0n) is 12.7. The van der Waals surface area contributed by atoms with E-state index in [1.165, 1.54) is 0 Å². The Morgan fingerprint density at radius 3 is 0.964 bits per heavy atom. The van der Waals surface area contributed by atoms with Crippen molar-refractivity contribution in [2.75, 3.05) is 0 Å². The van der Waals surface area contributed by atoms with Crippen LogP contribution < -0.4 is 0 Å². The van der Waals surface area contributed by atoms with Gasteiger partial charge in [-0.15, -0.1) is 0 Å². The average molecular weight is 432 g/mol. The van der Waals surface area contributed by atoms with Crippen LogP contribution in [0.5, 0.6) is 0 Å². The van der Waals surface area contributed by atoms with Crippen LogP contribution in [0.1, 0.15) is 22.6 Å². The monoisotopic (exact) mass is 432 g/mol. The zero-order valence-corrected chi connectivity index (χ0v) is 12.7. The molecule has 2 aromatic rings. The summed E-state index contributed by atoms with van der Waals surface area (Å²) in [7, 11) is 0. The molecule has 1 heterocycles. The number of rotatable bonds is 0. The van der Waals surface area contributed by atoms with E-state index < -0.39 is 58.5 Å². The van der Waals surface area contributed by atoms with Crippen LogP contribution in [0.25, 0.3) is 11.2 Å². The average Bonchev–Trinajstić information content (AvgIpc) is 2.42. The molecule has 28 heavy (non-hydrogen) atoms. The molecule has 1 aromatic carbocycles. The zero-order chi connectivity index (χ0) is 21.7. The van der Waals surface area contributed by atoms with Crippen LogP contribution in [-0.4, -0.2) is 0 Å². The molecule has 2 rings (SSSR count). The Morgan fingerprint density at radius 1 is 0.464 bits per heavy atom. The van der Waals surface area contributed by atoms with Gasteiger partial charge >= 0.3 is 24.7 Å². The van der Waals surface area contributed by atoms with Gasteiger partial charge in [-0.1, -0.05) is 12.1 Å². The Bertz CT molecular complexity index is 843. The van der Waals surface area contributed by atoms with E-state index in [4.69, 9.17) is 0 Å². The fraction of sp³-hybridized carbons (Fsp3) is 0.286. The Morgan fingerprint density at radius 2 is 0.750 bits per heavy atom. The van der Waals surface area contributed by atoms with Gasteiger partial charge in [0.1, 0.15) is 11.1 Å². The van der Waals surface area contributed by atoms with E-state index in [0.29, 0.717) is 12.1 Å². The van der Waals surface area contributed by atoms with Crippen LogP contribution >= 0.6 is 0 Å². The molecule has 0 radical (unpaired) electrons. The second kappa shape index (κ2) is 6.51. The lowest BCUT2D eigenvalue weighted by molar-refractivity contribution is -0.192. The van der Waals surface area contributed by atoms with Gasteiger partial charge in [0, 0.05) is 0 Å². The van der Waals surface area contributed by atoms with Crippen LogP contribution in [0.4, 0.5) is 52.7 Å². The van der Waals surface area contributed by atoms with Gasteiger partial charge in [0.2, 0.25) is 11.5 Å². The van der Waals surface area contributed by atoms with Gasteiger partial charge in [-0.05, 0) is 12.1 Å². The lowest BCUT2D eigenvalue weighted by atomic mass is 10.0. The highest BCUT2D eigenvalue weighted by Gasteiger charge is 2.56. The van der Waals surface area contributed by atoms with Gasteiger partial charge in [0.15, 0.2) is 11.2 Å². The second-order valence-corrected chi connectivity index (χ2v) is 5.05. The number of halogens is 12. The summed E-state index contributed by atoms with van der Waals surface area (Å²) in [6.07, 6.45) is -25.5. The third-order valence-electron chi connectivity index (χ3n) is 3.06. The molecule has 14 heteroatoms. The van der Waals surface area contributed by atoms with E-state index in [2.05, 4.69) is 8.83 Å². The van der Waals surface area contributed by atoms with E-state index in [0.717, 1.165) is 12.1 Å². The van der Waals surface area contributed by atoms with Crippen molar-refractivity contribution in [1.82, 2.24) is 0 Å². The maximum Gasteiger partial charge on any atom is 0.450 e. The summed E-state index contributed by atoms with van der Waals surface area (Å²) in [6, 6.07) is 2.68. The van der Waals surface area contributed by atoms with Gasteiger partial charge in [-0.25, -0.2) is 0 Å². The molecule has 0 saturated heterocycles. The normalized spacial score (nSPS) is 13.7. The number of fused-ring (bicyclic) bond motifs is 1. The molecule has 0 atom stereocenters. The van der Waals surface area contributed by atoms with Crippen molar-refractivity contribution in [2.45, 2.75) is 24.7 Å². The number of benzene rings is 1. The highest BCUT2D eigenvalue weighted by Crippen LogP contribution is 2.50. The van der Waals surface area contributed by atoms with E-state index in [-0.39, 0.29) is 0 Å². The second-order valence-electron chi connectivity index (χ2n) is 5.05. The van der Waals surface area contributed by atoms with Crippen molar-refractivity contribution < 1.29 is 61.5 Å². The van der Waals surface area contributed by atoms with Crippen molar-refractivity contribution in [3.8, 4) is 0 Å². The van der Waals surface area contributed by atoms with Crippen molar-refractivity contribution in [2.24, 2.45) is 0 Å². The molecule has 1 aromatic heterocycles. The highest BCUT2D eigenvalue weighted by molar-refractivity contribution is 5.69. The van der Waals surface area contributed by atoms with Crippen LogP contribution in [0, 0.1) is 0 Å². The third kappa shape index (κ3) is 4.30. The maximum atomic E-state index is 13.2. The first-order valence-corrected chi connectivity index (χ1v) is 6.66. The van der Waals surface area contributed by atoms with E-state index in [1.807, 2.05) is 0 Å². The van der Waals surface area contributed by atoms with Crippen molar-refractivity contribution in [1.29, 1.82) is 0 Å². The SMILES string of the molecule is FC(F)(F)c1oc2ccccc2oc(C(F)(F)F)c(C(F)(F)F)c1C(F)(F)F. The molecule has 0 amide bonds. The minimum atomic E-state index is -6.54. The van der Waals surface area contributed by atoms with Crippen LogP contribution in [0.2, 0.25) is 0 Å². The molecule has 0 aliphatic rings. The predicted molar refractivity (Wildman–Crippen MR) is 66.1 cm³/mol. The molecule has 0 aliphatic carbocycles.